The van der Waals surface area contributed by atoms with Gasteiger partial charge in [0.15, 0.2) is 11.6 Å². The van der Waals surface area contributed by atoms with E-state index >= 15 is 0 Å². The summed E-state index contributed by atoms with van der Waals surface area (Å²) in [5.74, 6) is 0.595. The Bertz CT molecular complexity index is 633. The highest BCUT2D eigenvalue weighted by atomic mass is 19.1. The Morgan fingerprint density at radius 1 is 1.10 bits per heavy atom. The highest BCUT2D eigenvalue weighted by Crippen LogP contribution is 2.30. The summed E-state index contributed by atoms with van der Waals surface area (Å²) in [5.41, 5.74) is 2.37. The summed E-state index contributed by atoms with van der Waals surface area (Å²) in [6, 6.07) is 10.1. The molecule has 2 aromatic carbocycles. The van der Waals surface area contributed by atoms with Crippen molar-refractivity contribution in [1.82, 2.24) is 0 Å². The second-order valence-corrected chi connectivity index (χ2v) is 5.09. The minimum atomic E-state index is -0.538. The van der Waals surface area contributed by atoms with Gasteiger partial charge in [0.25, 0.3) is 0 Å². The molecule has 0 atom stereocenters. The second-order valence-electron chi connectivity index (χ2n) is 5.09. The first kappa shape index (κ1) is 14.3. The zero-order chi connectivity index (χ0) is 14.7. The highest BCUT2D eigenvalue weighted by molar-refractivity contribution is 5.75. The van der Waals surface area contributed by atoms with Crippen molar-refractivity contribution in [2.24, 2.45) is 0 Å². The van der Waals surface area contributed by atoms with Gasteiger partial charge >= 0.3 is 0 Å². The molecule has 0 fully saturated rings. The summed E-state index contributed by atoms with van der Waals surface area (Å²) in [6.45, 7) is 6.10. The lowest BCUT2D eigenvalue weighted by Crippen LogP contribution is -1.95. The summed E-state index contributed by atoms with van der Waals surface area (Å²) < 4.78 is 19.5. The van der Waals surface area contributed by atoms with Crippen LogP contribution in [0, 0.1) is 12.7 Å². The topological polar surface area (TPSA) is 26.3 Å². The first-order valence-corrected chi connectivity index (χ1v) is 6.54. The van der Waals surface area contributed by atoms with E-state index in [1.165, 1.54) is 18.2 Å². The van der Waals surface area contributed by atoms with E-state index in [1.807, 2.05) is 25.1 Å². The molecule has 0 unspecified atom stereocenters. The molecule has 20 heavy (non-hydrogen) atoms. The fourth-order valence-corrected chi connectivity index (χ4v) is 1.88. The van der Waals surface area contributed by atoms with Gasteiger partial charge in [-0.2, -0.15) is 0 Å². The van der Waals surface area contributed by atoms with Crippen molar-refractivity contribution in [3.63, 3.8) is 0 Å². The molecular weight excluding hydrogens is 255 g/mol. The summed E-state index contributed by atoms with van der Waals surface area (Å²) in [4.78, 5) is 10.6. The molecule has 0 bridgehead atoms. The maximum atomic E-state index is 13.8. The minimum Gasteiger partial charge on any atom is -0.454 e. The molecule has 0 aliphatic heterocycles. The molecule has 0 saturated heterocycles. The Balaban J connectivity index is 2.34. The molecular formula is C17H17FO2. The van der Waals surface area contributed by atoms with E-state index in [1.54, 1.807) is 0 Å². The average molecular weight is 272 g/mol. The van der Waals surface area contributed by atoms with E-state index in [-0.39, 0.29) is 5.75 Å². The molecule has 0 aliphatic rings. The molecule has 2 aromatic rings. The molecule has 2 rings (SSSR count). The number of rotatable bonds is 4. The Morgan fingerprint density at radius 3 is 2.45 bits per heavy atom. The average Bonchev–Trinajstić information content (AvgIpc) is 2.42. The molecule has 0 amide bonds. The largest absolute Gasteiger partial charge is 0.454 e. The molecule has 0 aromatic heterocycles. The monoisotopic (exact) mass is 272 g/mol. The number of aryl methyl sites for hydroxylation is 1. The van der Waals surface area contributed by atoms with E-state index in [4.69, 9.17) is 4.74 Å². The maximum absolute atomic E-state index is 13.8. The summed E-state index contributed by atoms with van der Waals surface area (Å²) in [6.07, 6.45) is 0.609. The lowest BCUT2D eigenvalue weighted by atomic mass is 10.0. The lowest BCUT2D eigenvalue weighted by molar-refractivity contribution is 0.112. The van der Waals surface area contributed by atoms with Crippen molar-refractivity contribution in [3.05, 3.63) is 58.9 Å². The first-order valence-electron chi connectivity index (χ1n) is 6.54. The number of hydrogen-bond donors (Lipinski definition) is 0. The van der Waals surface area contributed by atoms with Crippen LogP contribution in [0.15, 0.2) is 36.4 Å². The van der Waals surface area contributed by atoms with Crippen LogP contribution in [0.25, 0.3) is 0 Å². The van der Waals surface area contributed by atoms with Gasteiger partial charge in [0.2, 0.25) is 0 Å². The number of ether oxygens (including phenoxy) is 1. The van der Waals surface area contributed by atoms with Gasteiger partial charge in [-0.3, -0.25) is 4.79 Å². The van der Waals surface area contributed by atoms with E-state index < -0.39 is 5.82 Å². The van der Waals surface area contributed by atoms with Gasteiger partial charge in [0, 0.05) is 5.56 Å². The number of halogens is 1. The van der Waals surface area contributed by atoms with Gasteiger partial charge in [0.1, 0.15) is 12.0 Å². The quantitative estimate of drug-likeness (QED) is 0.743. The molecule has 0 radical (unpaired) electrons. The van der Waals surface area contributed by atoms with Crippen molar-refractivity contribution < 1.29 is 13.9 Å². The summed E-state index contributed by atoms with van der Waals surface area (Å²) >= 11 is 0. The third kappa shape index (κ3) is 3.05. The second kappa shape index (κ2) is 5.87. The minimum absolute atomic E-state index is 0.125. The van der Waals surface area contributed by atoms with Crippen LogP contribution in [-0.2, 0) is 0 Å². The third-order valence-electron chi connectivity index (χ3n) is 3.19. The predicted octanol–water partition coefficient (Wildman–Crippen LogP) is 4.86. The first-order chi connectivity index (χ1) is 9.51. The van der Waals surface area contributed by atoms with Gasteiger partial charge in [-0.1, -0.05) is 26.0 Å². The SMILES string of the molecule is Cc1ccc(C(C)C)cc1Oc1ccc(C=O)cc1F. The van der Waals surface area contributed by atoms with Crippen LogP contribution in [0.4, 0.5) is 4.39 Å². The number of carbonyl (C=O) groups is 1. The van der Waals surface area contributed by atoms with Crippen LogP contribution in [-0.4, -0.2) is 6.29 Å². The lowest BCUT2D eigenvalue weighted by Gasteiger charge is -2.13. The van der Waals surface area contributed by atoms with Crippen LogP contribution < -0.4 is 4.74 Å². The van der Waals surface area contributed by atoms with Crippen molar-refractivity contribution in [1.29, 1.82) is 0 Å². The van der Waals surface area contributed by atoms with Gasteiger partial charge in [-0.25, -0.2) is 4.39 Å². The molecule has 0 N–H and O–H groups in total. The number of aldehydes is 1. The Labute approximate surface area is 118 Å². The molecule has 2 nitrogen and oxygen atoms in total. The molecule has 104 valence electrons. The molecule has 3 heteroatoms. The van der Waals surface area contributed by atoms with Gasteiger partial charge in [-0.05, 0) is 48.2 Å². The normalized spacial score (nSPS) is 10.7. The van der Waals surface area contributed by atoms with Crippen LogP contribution in [0.5, 0.6) is 11.5 Å². The number of benzene rings is 2. The molecule has 0 spiro atoms. The maximum Gasteiger partial charge on any atom is 0.166 e. The van der Waals surface area contributed by atoms with Crippen molar-refractivity contribution in [3.8, 4) is 11.5 Å². The summed E-state index contributed by atoms with van der Waals surface area (Å²) in [7, 11) is 0. The Hall–Kier alpha value is -2.16. The van der Waals surface area contributed by atoms with Crippen molar-refractivity contribution >= 4 is 6.29 Å². The van der Waals surface area contributed by atoms with Crippen molar-refractivity contribution in [2.45, 2.75) is 26.7 Å². The molecule has 0 saturated carbocycles. The van der Waals surface area contributed by atoms with Crippen molar-refractivity contribution in [2.75, 3.05) is 0 Å². The van der Waals surface area contributed by atoms with Crippen LogP contribution in [0.2, 0.25) is 0 Å². The van der Waals surface area contributed by atoms with Crippen LogP contribution in [0.3, 0.4) is 0 Å². The van der Waals surface area contributed by atoms with E-state index in [0.717, 1.165) is 11.1 Å². The van der Waals surface area contributed by atoms with Gasteiger partial charge in [0.05, 0.1) is 0 Å². The summed E-state index contributed by atoms with van der Waals surface area (Å²) in [5, 5.41) is 0. The zero-order valence-corrected chi connectivity index (χ0v) is 11.8. The third-order valence-corrected chi connectivity index (χ3v) is 3.19. The smallest absolute Gasteiger partial charge is 0.166 e. The standard InChI is InChI=1S/C17H17FO2/c1-11(2)14-6-4-12(3)17(9-14)20-16-7-5-13(10-19)8-15(16)18/h4-11H,1-3H3. The van der Waals surface area contributed by atoms with Gasteiger partial charge < -0.3 is 4.74 Å². The number of hydrogen-bond acceptors (Lipinski definition) is 2. The fourth-order valence-electron chi connectivity index (χ4n) is 1.88. The van der Waals surface area contributed by atoms with Crippen LogP contribution in [0.1, 0.15) is 41.3 Å². The van der Waals surface area contributed by atoms with Crippen LogP contribution >= 0.6 is 0 Å². The highest BCUT2D eigenvalue weighted by Gasteiger charge is 2.09. The van der Waals surface area contributed by atoms with E-state index in [9.17, 15) is 9.18 Å². The zero-order valence-electron chi connectivity index (χ0n) is 11.8. The van der Waals surface area contributed by atoms with E-state index in [2.05, 4.69) is 13.8 Å². The Morgan fingerprint density at radius 2 is 1.85 bits per heavy atom. The molecule has 0 heterocycles. The Kier molecular flexibility index (Phi) is 4.18. The fraction of sp³-hybridized carbons (Fsp3) is 0.235. The van der Waals surface area contributed by atoms with Gasteiger partial charge in [-0.15, -0.1) is 0 Å². The predicted molar refractivity (Wildman–Crippen MR) is 77.1 cm³/mol. The van der Waals surface area contributed by atoms with E-state index in [0.29, 0.717) is 23.5 Å². The molecule has 0 aliphatic carbocycles. The number of carbonyl (C=O) groups excluding carboxylic acids is 1.